The molecule has 0 spiro atoms. The second-order valence-corrected chi connectivity index (χ2v) is 9.94. The van der Waals surface area contributed by atoms with E-state index < -0.39 is 5.91 Å². The number of ether oxygens (including phenoxy) is 2. The highest BCUT2D eigenvalue weighted by Crippen LogP contribution is 2.39. The average molecular weight is 550 g/mol. The molecule has 0 saturated carbocycles. The Labute approximate surface area is 211 Å². The van der Waals surface area contributed by atoms with Gasteiger partial charge in [0.1, 0.15) is 0 Å². The van der Waals surface area contributed by atoms with Crippen LogP contribution in [0.2, 0.25) is 0 Å². The standard InChI is InChI=1S/C24H25BrN2O4S2/c1-4-5-6-11-31-21-18(25)12-16(13-19(21)30-3)14-20-23(29)27(24(32)33-20)26-22(28)17-9-7-15(2)8-10-17/h7-10,12-14H,4-6,11H2,1-3H3,(H,26,28)/b20-14-. The van der Waals surface area contributed by atoms with Gasteiger partial charge in [-0.1, -0.05) is 49.2 Å². The second-order valence-electron chi connectivity index (χ2n) is 7.41. The van der Waals surface area contributed by atoms with Crippen LogP contribution in [0, 0.1) is 6.92 Å². The zero-order chi connectivity index (χ0) is 24.0. The van der Waals surface area contributed by atoms with E-state index in [4.69, 9.17) is 21.7 Å². The van der Waals surface area contributed by atoms with E-state index in [-0.39, 0.29) is 10.2 Å². The maximum atomic E-state index is 12.9. The lowest BCUT2D eigenvalue weighted by Gasteiger charge is -2.15. The molecule has 0 bridgehead atoms. The summed E-state index contributed by atoms with van der Waals surface area (Å²) in [6.45, 7) is 4.68. The van der Waals surface area contributed by atoms with Crippen molar-refractivity contribution in [3.8, 4) is 11.5 Å². The fraction of sp³-hybridized carbons (Fsp3) is 0.292. The summed E-state index contributed by atoms with van der Waals surface area (Å²) in [4.78, 5) is 25.8. The number of methoxy groups -OCH3 is 1. The van der Waals surface area contributed by atoms with E-state index in [2.05, 4.69) is 28.3 Å². The minimum Gasteiger partial charge on any atom is -0.493 e. The van der Waals surface area contributed by atoms with Gasteiger partial charge in [0.25, 0.3) is 11.8 Å². The molecule has 9 heteroatoms. The lowest BCUT2D eigenvalue weighted by Crippen LogP contribution is -2.44. The van der Waals surface area contributed by atoms with Crippen molar-refractivity contribution in [3.63, 3.8) is 0 Å². The molecule has 1 N–H and O–H groups in total. The molecular formula is C24H25BrN2O4S2. The Hall–Kier alpha value is -2.36. The van der Waals surface area contributed by atoms with Gasteiger partial charge in [-0.25, -0.2) is 0 Å². The van der Waals surface area contributed by atoms with Crippen LogP contribution in [0.3, 0.4) is 0 Å². The van der Waals surface area contributed by atoms with Gasteiger partial charge in [0, 0.05) is 5.56 Å². The highest BCUT2D eigenvalue weighted by molar-refractivity contribution is 9.10. The molecule has 174 valence electrons. The van der Waals surface area contributed by atoms with E-state index >= 15 is 0 Å². The summed E-state index contributed by atoms with van der Waals surface area (Å²) in [6.07, 6.45) is 4.89. The van der Waals surface area contributed by atoms with Crippen molar-refractivity contribution in [3.05, 3.63) is 62.5 Å². The van der Waals surface area contributed by atoms with Crippen LogP contribution in [-0.4, -0.2) is 34.9 Å². The van der Waals surface area contributed by atoms with Crippen LogP contribution in [0.15, 0.2) is 45.8 Å². The number of nitrogens with zero attached hydrogens (tertiary/aromatic N) is 1. The summed E-state index contributed by atoms with van der Waals surface area (Å²) in [5, 5.41) is 1.10. The van der Waals surface area contributed by atoms with Gasteiger partial charge in [0.05, 0.1) is 23.1 Å². The van der Waals surface area contributed by atoms with Crippen molar-refractivity contribution in [1.82, 2.24) is 10.4 Å². The zero-order valence-electron chi connectivity index (χ0n) is 18.6. The molecule has 0 unspecified atom stereocenters. The van der Waals surface area contributed by atoms with Crippen LogP contribution in [-0.2, 0) is 4.79 Å². The molecule has 1 saturated heterocycles. The van der Waals surface area contributed by atoms with Gasteiger partial charge >= 0.3 is 0 Å². The van der Waals surface area contributed by atoms with Gasteiger partial charge < -0.3 is 9.47 Å². The van der Waals surface area contributed by atoms with Crippen LogP contribution in [0.25, 0.3) is 6.08 Å². The number of thioether (sulfide) groups is 1. The molecule has 1 heterocycles. The number of amides is 2. The van der Waals surface area contributed by atoms with Crippen molar-refractivity contribution in [1.29, 1.82) is 0 Å². The fourth-order valence-corrected chi connectivity index (χ4v) is 4.83. The summed E-state index contributed by atoms with van der Waals surface area (Å²) in [5.41, 5.74) is 4.82. The first-order valence-corrected chi connectivity index (χ1v) is 12.5. The second kappa shape index (κ2) is 11.7. The molecule has 2 amide bonds. The predicted octanol–water partition coefficient (Wildman–Crippen LogP) is 5.88. The van der Waals surface area contributed by atoms with Gasteiger partial charge in [-0.3, -0.25) is 15.0 Å². The monoisotopic (exact) mass is 548 g/mol. The maximum absolute atomic E-state index is 12.9. The number of aryl methyl sites for hydroxylation is 1. The molecule has 1 aliphatic rings. The number of thiocarbonyl (C=S) groups is 1. The summed E-state index contributed by atoms with van der Waals surface area (Å²) >= 11 is 9.99. The molecule has 6 nitrogen and oxygen atoms in total. The van der Waals surface area contributed by atoms with E-state index in [1.807, 2.05) is 25.1 Å². The number of benzene rings is 2. The van der Waals surface area contributed by atoms with Crippen LogP contribution < -0.4 is 14.9 Å². The molecule has 1 fully saturated rings. The molecule has 0 atom stereocenters. The summed E-state index contributed by atoms with van der Waals surface area (Å²) in [5.74, 6) is 0.404. The van der Waals surface area contributed by atoms with Crippen LogP contribution in [0.4, 0.5) is 0 Å². The van der Waals surface area contributed by atoms with Crippen molar-refractivity contribution in [2.75, 3.05) is 13.7 Å². The normalized spacial score (nSPS) is 14.7. The van der Waals surface area contributed by atoms with Gasteiger partial charge in [-0.2, -0.15) is 5.01 Å². The van der Waals surface area contributed by atoms with Gasteiger partial charge in [0.2, 0.25) is 0 Å². The Morgan fingerprint density at radius 2 is 1.97 bits per heavy atom. The number of nitrogens with one attached hydrogen (secondary N) is 1. The van der Waals surface area contributed by atoms with Crippen molar-refractivity contribution < 1.29 is 19.1 Å². The molecule has 3 rings (SSSR count). The van der Waals surface area contributed by atoms with Crippen molar-refractivity contribution >= 4 is 62.1 Å². The third kappa shape index (κ3) is 6.37. The van der Waals surface area contributed by atoms with Crippen LogP contribution >= 0.6 is 39.9 Å². The molecule has 2 aromatic rings. The lowest BCUT2D eigenvalue weighted by molar-refractivity contribution is -0.123. The Morgan fingerprint density at radius 1 is 1.24 bits per heavy atom. The van der Waals surface area contributed by atoms with E-state index in [0.29, 0.717) is 28.6 Å². The van der Waals surface area contributed by atoms with E-state index in [1.54, 1.807) is 31.4 Å². The van der Waals surface area contributed by atoms with E-state index in [1.165, 1.54) is 0 Å². The largest absolute Gasteiger partial charge is 0.493 e. The number of hydrazine groups is 1. The minimum atomic E-state index is -0.401. The first-order chi connectivity index (χ1) is 15.8. The minimum absolute atomic E-state index is 0.258. The lowest BCUT2D eigenvalue weighted by atomic mass is 10.1. The summed E-state index contributed by atoms with van der Waals surface area (Å²) in [6, 6.07) is 10.7. The number of hydrogen-bond donors (Lipinski definition) is 1. The topological polar surface area (TPSA) is 67.9 Å². The molecular weight excluding hydrogens is 524 g/mol. The summed E-state index contributed by atoms with van der Waals surface area (Å²) in [7, 11) is 1.57. The van der Waals surface area contributed by atoms with Crippen LogP contribution in [0.1, 0.15) is 47.7 Å². The average Bonchev–Trinajstić information content (AvgIpc) is 3.05. The maximum Gasteiger partial charge on any atom is 0.285 e. The van der Waals surface area contributed by atoms with E-state index in [0.717, 1.165) is 51.6 Å². The SMILES string of the molecule is CCCCCOc1c(Br)cc(/C=C2\SC(=S)N(NC(=O)c3ccc(C)cc3)C2=O)cc1OC. The Kier molecular flexibility index (Phi) is 8.94. The Bertz CT molecular complexity index is 1090. The Balaban J connectivity index is 1.76. The Morgan fingerprint density at radius 3 is 2.64 bits per heavy atom. The van der Waals surface area contributed by atoms with Gasteiger partial charge in [-0.15, -0.1) is 0 Å². The molecule has 0 aliphatic carbocycles. The highest BCUT2D eigenvalue weighted by atomic mass is 79.9. The number of carbonyl (C=O) groups is 2. The third-order valence-electron chi connectivity index (χ3n) is 4.86. The number of unbranched alkanes of at least 4 members (excludes halogenated alkanes) is 2. The number of rotatable bonds is 9. The molecule has 1 aliphatic heterocycles. The molecule has 33 heavy (non-hydrogen) atoms. The zero-order valence-corrected chi connectivity index (χ0v) is 21.9. The first-order valence-electron chi connectivity index (χ1n) is 10.5. The van der Waals surface area contributed by atoms with E-state index in [9.17, 15) is 9.59 Å². The molecule has 0 aromatic heterocycles. The van der Waals surface area contributed by atoms with Crippen molar-refractivity contribution in [2.45, 2.75) is 33.1 Å². The highest BCUT2D eigenvalue weighted by Gasteiger charge is 2.34. The third-order valence-corrected chi connectivity index (χ3v) is 6.76. The number of halogens is 1. The smallest absolute Gasteiger partial charge is 0.285 e. The molecule has 0 radical (unpaired) electrons. The molecule has 2 aromatic carbocycles. The van der Waals surface area contributed by atoms with Crippen molar-refractivity contribution in [2.24, 2.45) is 0 Å². The predicted molar refractivity (Wildman–Crippen MR) is 139 cm³/mol. The van der Waals surface area contributed by atoms with Gasteiger partial charge in [0.15, 0.2) is 15.8 Å². The first kappa shape index (κ1) is 25.3. The van der Waals surface area contributed by atoms with Crippen LogP contribution in [0.5, 0.6) is 11.5 Å². The number of hydrogen-bond acceptors (Lipinski definition) is 6. The quantitative estimate of drug-likeness (QED) is 0.239. The number of carbonyl (C=O) groups excluding carboxylic acids is 2. The fourth-order valence-electron chi connectivity index (χ4n) is 3.08. The van der Waals surface area contributed by atoms with Gasteiger partial charge in [-0.05, 0) is 77.4 Å². The summed E-state index contributed by atoms with van der Waals surface area (Å²) < 4.78 is 12.4.